The zero-order chi connectivity index (χ0) is 13.1. The van der Waals surface area contributed by atoms with Gasteiger partial charge in [-0.2, -0.15) is 5.26 Å². The molecule has 0 radical (unpaired) electrons. The van der Waals surface area contributed by atoms with Crippen molar-refractivity contribution in [3.8, 4) is 6.07 Å². The number of hydrogen-bond acceptors (Lipinski definition) is 3. The number of nitriles is 1. The number of hydrogen-bond donors (Lipinski definition) is 1. The molecule has 0 aliphatic heterocycles. The highest BCUT2D eigenvalue weighted by Gasteiger charge is 2.25. The number of nitrogens with one attached hydrogen (secondary N) is 1. The predicted molar refractivity (Wildman–Crippen MR) is 70.7 cm³/mol. The molecule has 0 saturated carbocycles. The molecule has 1 aromatic heterocycles. The summed E-state index contributed by atoms with van der Waals surface area (Å²) in [4.78, 5) is 4.24. The van der Waals surface area contributed by atoms with Gasteiger partial charge in [-0.05, 0) is 37.8 Å². The highest BCUT2D eigenvalue weighted by atomic mass is 15.0. The predicted octanol–water partition coefficient (Wildman–Crippen LogP) is 3.58. The van der Waals surface area contributed by atoms with Crippen molar-refractivity contribution in [2.45, 2.75) is 46.6 Å². The Bertz CT molecular complexity index is 422. The van der Waals surface area contributed by atoms with Crippen molar-refractivity contribution >= 4 is 5.82 Å². The first-order valence-electron chi connectivity index (χ1n) is 5.86. The summed E-state index contributed by atoms with van der Waals surface area (Å²) >= 11 is 0. The fourth-order valence-electron chi connectivity index (χ4n) is 2.29. The van der Waals surface area contributed by atoms with Crippen LogP contribution in [-0.4, -0.2) is 10.5 Å². The van der Waals surface area contributed by atoms with Crippen molar-refractivity contribution in [1.29, 1.82) is 5.26 Å². The van der Waals surface area contributed by atoms with Gasteiger partial charge in [-0.1, -0.05) is 20.8 Å². The summed E-state index contributed by atoms with van der Waals surface area (Å²) in [6.07, 6.45) is 2.69. The molecule has 0 aliphatic rings. The smallest absolute Gasteiger partial charge is 0.127 e. The van der Waals surface area contributed by atoms with E-state index in [4.69, 9.17) is 5.26 Å². The van der Waals surface area contributed by atoms with E-state index in [0.29, 0.717) is 5.56 Å². The second kappa shape index (κ2) is 4.75. The lowest BCUT2D eigenvalue weighted by atomic mass is 9.82. The van der Waals surface area contributed by atoms with Crippen LogP contribution in [-0.2, 0) is 0 Å². The quantitative estimate of drug-likeness (QED) is 0.865. The zero-order valence-electron chi connectivity index (χ0n) is 11.3. The summed E-state index contributed by atoms with van der Waals surface area (Å²) in [5.74, 6) is 0.762. The van der Waals surface area contributed by atoms with E-state index < -0.39 is 0 Å². The second-order valence-corrected chi connectivity index (χ2v) is 6.29. The fourth-order valence-corrected chi connectivity index (χ4v) is 2.29. The maximum absolute atomic E-state index is 8.84. The number of rotatable bonds is 3. The Morgan fingerprint density at radius 2 is 1.94 bits per heavy atom. The Hall–Kier alpha value is -1.56. The van der Waals surface area contributed by atoms with Gasteiger partial charge in [0.25, 0.3) is 0 Å². The third-order valence-electron chi connectivity index (χ3n) is 2.33. The van der Waals surface area contributed by atoms with E-state index in [1.54, 1.807) is 18.3 Å². The molecule has 17 heavy (non-hydrogen) atoms. The van der Waals surface area contributed by atoms with Gasteiger partial charge in [-0.25, -0.2) is 4.98 Å². The molecule has 0 atom stereocenters. The molecular formula is C14H21N3. The summed E-state index contributed by atoms with van der Waals surface area (Å²) in [5.41, 5.74) is 0.844. The number of aromatic nitrogens is 1. The molecule has 0 aromatic carbocycles. The van der Waals surface area contributed by atoms with Crippen LogP contribution in [0.25, 0.3) is 0 Å². The zero-order valence-corrected chi connectivity index (χ0v) is 11.3. The van der Waals surface area contributed by atoms with Gasteiger partial charge < -0.3 is 5.32 Å². The van der Waals surface area contributed by atoms with Crippen LogP contribution in [0.1, 0.15) is 46.6 Å². The Morgan fingerprint density at radius 1 is 1.29 bits per heavy atom. The van der Waals surface area contributed by atoms with Gasteiger partial charge in [0, 0.05) is 11.7 Å². The monoisotopic (exact) mass is 231 g/mol. The lowest BCUT2D eigenvalue weighted by molar-refractivity contribution is 0.302. The van der Waals surface area contributed by atoms with E-state index in [2.05, 4.69) is 51.0 Å². The van der Waals surface area contributed by atoms with Gasteiger partial charge >= 0.3 is 0 Å². The molecule has 92 valence electrons. The molecule has 1 rings (SSSR count). The normalized spacial score (nSPS) is 12.0. The standard InChI is InChI=1S/C14H21N3/c1-13(2,3)10-14(4,5)17-12-8-11(9-15)6-7-16-12/h6-8H,10H2,1-5H3,(H,16,17). The van der Waals surface area contributed by atoms with Gasteiger partial charge in [0.2, 0.25) is 0 Å². The summed E-state index contributed by atoms with van der Waals surface area (Å²) in [6, 6.07) is 5.61. The minimum absolute atomic E-state index is 0.0423. The average Bonchev–Trinajstić information content (AvgIpc) is 2.13. The van der Waals surface area contributed by atoms with E-state index in [-0.39, 0.29) is 11.0 Å². The number of anilines is 1. The van der Waals surface area contributed by atoms with Crippen LogP contribution in [0.5, 0.6) is 0 Å². The molecule has 0 amide bonds. The molecule has 1 aromatic rings. The largest absolute Gasteiger partial charge is 0.365 e. The highest BCUT2D eigenvalue weighted by Crippen LogP contribution is 2.29. The van der Waals surface area contributed by atoms with Crippen molar-refractivity contribution in [3.63, 3.8) is 0 Å². The molecule has 0 unspecified atom stereocenters. The van der Waals surface area contributed by atoms with E-state index >= 15 is 0 Å². The molecule has 0 fully saturated rings. The summed E-state index contributed by atoms with van der Waals surface area (Å²) in [7, 11) is 0. The maximum Gasteiger partial charge on any atom is 0.127 e. The number of nitrogens with zero attached hydrogens (tertiary/aromatic N) is 2. The summed E-state index contributed by atoms with van der Waals surface area (Å²) in [6.45, 7) is 11.0. The molecule has 1 N–H and O–H groups in total. The van der Waals surface area contributed by atoms with Crippen LogP contribution in [0.4, 0.5) is 5.82 Å². The van der Waals surface area contributed by atoms with Crippen molar-refractivity contribution in [3.05, 3.63) is 23.9 Å². The lowest BCUT2D eigenvalue weighted by Crippen LogP contribution is -2.35. The van der Waals surface area contributed by atoms with Crippen LogP contribution < -0.4 is 5.32 Å². The van der Waals surface area contributed by atoms with Crippen LogP contribution in [0.2, 0.25) is 0 Å². The first kappa shape index (κ1) is 13.5. The lowest BCUT2D eigenvalue weighted by Gasteiger charge is -2.33. The molecule has 1 heterocycles. The molecule has 0 spiro atoms. The minimum Gasteiger partial charge on any atom is -0.365 e. The Balaban J connectivity index is 2.79. The van der Waals surface area contributed by atoms with Crippen LogP contribution in [0.15, 0.2) is 18.3 Å². The minimum atomic E-state index is -0.0423. The van der Waals surface area contributed by atoms with E-state index in [1.807, 2.05) is 0 Å². The number of pyridine rings is 1. The van der Waals surface area contributed by atoms with Crippen LogP contribution in [0.3, 0.4) is 0 Å². The first-order chi connectivity index (χ1) is 7.72. The van der Waals surface area contributed by atoms with Gasteiger partial charge in [0.05, 0.1) is 11.6 Å². The SMILES string of the molecule is CC(C)(C)CC(C)(C)Nc1cc(C#N)ccn1. The Labute approximate surface area is 104 Å². The Morgan fingerprint density at radius 3 is 2.47 bits per heavy atom. The van der Waals surface area contributed by atoms with Crippen LogP contribution >= 0.6 is 0 Å². The molecule has 3 nitrogen and oxygen atoms in total. The van der Waals surface area contributed by atoms with Crippen molar-refractivity contribution in [1.82, 2.24) is 4.98 Å². The van der Waals surface area contributed by atoms with E-state index in [0.717, 1.165) is 12.2 Å². The van der Waals surface area contributed by atoms with Crippen molar-refractivity contribution in [2.75, 3.05) is 5.32 Å². The average molecular weight is 231 g/mol. The molecular weight excluding hydrogens is 210 g/mol. The molecule has 0 saturated heterocycles. The summed E-state index contributed by atoms with van der Waals surface area (Å²) in [5, 5.41) is 12.2. The molecule has 3 heteroatoms. The Kier molecular flexibility index (Phi) is 3.77. The van der Waals surface area contributed by atoms with Gasteiger partial charge in [-0.3, -0.25) is 0 Å². The molecule has 0 aliphatic carbocycles. The van der Waals surface area contributed by atoms with Crippen LogP contribution in [0, 0.1) is 16.7 Å². The van der Waals surface area contributed by atoms with Crippen molar-refractivity contribution in [2.24, 2.45) is 5.41 Å². The van der Waals surface area contributed by atoms with Crippen molar-refractivity contribution < 1.29 is 0 Å². The highest BCUT2D eigenvalue weighted by molar-refractivity contribution is 5.44. The first-order valence-corrected chi connectivity index (χ1v) is 5.86. The van der Waals surface area contributed by atoms with E-state index in [1.165, 1.54) is 0 Å². The van der Waals surface area contributed by atoms with E-state index in [9.17, 15) is 0 Å². The third-order valence-corrected chi connectivity index (χ3v) is 2.33. The topological polar surface area (TPSA) is 48.7 Å². The van der Waals surface area contributed by atoms with Gasteiger partial charge in [-0.15, -0.1) is 0 Å². The van der Waals surface area contributed by atoms with Gasteiger partial charge in [0.1, 0.15) is 5.82 Å². The summed E-state index contributed by atoms with van der Waals surface area (Å²) < 4.78 is 0. The second-order valence-electron chi connectivity index (χ2n) is 6.29. The molecule has 0 bridgehead atoms. The fraction of sp³-hybridized carbons (Fsp3) is 0.571. The third kappa shape index (κ3) is 4.86. The van der Waals surface area contributed by atoms with Gasteiger partial charge in [0.15, 0.2) is 0 Å². The maximum atomic E-state index is 8.84.